The second-order valence-corrected chi connectivity index (χ2v) is 5.32. The first-order valence-corrected chi connectivity index (χ1v) is 7.17. The van der Waals surface area contributed by atoms with Crippen LogP contribution in [0.25, 0.3) is 11.4 Å². The van der Waals surface area contributed by atoms with Gasteiger partial charge in [-0.3, -0.25) is 0 Å². The van der Waals surface area contributed by atoms with Crippen LogP contribution in [0.2, 0.25) is 0 Å². The van der Waals surface area contributed by atoms with Crippen LogP contribution in [0.3, 0.4) is 0 Å². The van der Waals surface area contributed by atoms with Crippen LogP contribution in [0.15, 0.2) is 26.6 Å². The van der Waals surface area contributed by atoms with E-state index in [1.807, 2.05) is 18.4 Å². The summed E-state index contributed by atoms with van der Waals surface area (Å²) in [6.07, 6.45) is 4.10. The number of hydrogen-bond donors (Lipinski definition) is 1. The second kappa shape index (κ2) is 5.46. The van der Waals surface area contributed by atoms with Crippen LogP contribution in [0, 0.1) is 6.92 Å². The Bertz CT molecular complexity index is 701. The van der Waals surface area contributed by atoms with Crippen molar-refractivity contribution >= 4 is 16.5 Å². The monoisotopic (exact) mass is 290 g/mol. The van der Waals surface area contributed by atoms with E-state index in [0.29, 0.717) is 16.8 Å². The topological polar surface area (TPSA) is 91.0 Å². The average molecular weight is 290 g/mol. The van der Waals surface area contributed by atoms with Gasteiger partial charge in [0.25, 0.3) is 0 Å². The van der Waals surface area contributed by atoms with Crippen molar-refractivity contribution in [3.05, 3.63) is 35.1 Å². The summed E-state index contributed by atoms with van der Waals surface area (Å²) in [4.78, 5) is 8.59. The molecule has 7 heteroatoms. The molecule has 3 heterocycles. The highest BCUT2D eigenvalue weighted by molar-refractivity contribution is 7.13. The highest BCUT2D eigenvalue weighted by atomic mass is 32.1. The number of nitrogens with two attached hydrogens (primary N) is 1. The third-order valence-corrected chi connectivity index (χ3v) is 3.68. The average Bonchev–Trinajstić information content (AvgIpc) is 3.11. The van der Waals surface area contributed by atoms with Gasteiger partial charge in [-0.15, -0.1) is 11.3 Å². The fourth-order valence-corrected chi connectivity index (χ4v) is 2.54. The Balaban J connectivity index is 1.59. The summed E-state index contributed by atoms with van der Waals surface area (Å²) >= 11 is 1.46. The van der Waals surface area contributed by atoms with Crippen molar-refractivity contribution < 1.29 is 8.94 Å². The van der Waals surface area contributed by atoms with Crippen LogP contribution < -0.4 is 5.73 Å². The minimum absolute atomic E-state index is 0.573. The lowest BCUT2D eigenvalue weighted by atomic mass is 10.2. The van der Waals surface area contributed by atoms with Crippen molar-refractivity contribution in [2.45, 2.75) is 26.2 Å². The zero-order chi connectivity index (χ0) is 13.9. The Morgan fingerprint density at radius 3 is 2.90 bits per heavy atom. The van der Waals surface area contributed by atoms with Crippen LogP contribution >= 0.6 is 11.3 Å². The highest BCUT2D eigenvalue weighted by Crippen LogP contribution is 2.21. The predicted octanol–water partition coefficient (Wildman–Crippen LogP) is 2.85. The molecule has 0 unspecified atom stereocenters. The van der Waals surface area contributed by atoms with Crippen molar-refractivity contribution in [3.63, 3.8) is 0 Å². The molecule has 0 spiro atoms. The normalized spacial score (nSPS) is 11.1. The first-order chi connectivity index (χ1) is 9.72. The molecule has 0 atom stereocenters. The van der Waals surface area contributed by atoms with Gasteiger partial charge in [-0.1, -0.05) is 5.16 Å². The molecule has 0 fully saturated rings. The van der Waals surface area contributed by atoms with E-state index < -0.39 is 0 Å². The van der Waals surface area contributed by atoms with Crippen molar-refractivity contribution in [1.29, 1.82) is 0 Å². The Morgan fingerprint density at radius 2 is 2.20 bits per heavy atom. The van der Waals surface area contributed by atoms with E-state index in [1.54, 1.807) is 6.26 Å². The quantitative estimate of drug-likeness (QED) is 0.777. The molecule has 0 bridgehead atoms. The number of rotatable bonds is 5. The van der Waals surface area contributed by atoms with Gasteiger partial charge in [0, 0.05) is 11.8 Å². The molecule has 0 amide bonds. The minimum atomic E-state index is 0.573. The van der Waals surface area contributed by atoms with Crippen LogP contribution in [-0.2, 0) is 12.8 Å². The first kappa shape index (κ1) is 12.9. The summed E-state index contributed by atoms with van der Waals surface area (Å²) in [6, 6.07) is 1.84. The highest BCUT2D eigenvalue weighted by Gasteiger charge is 2.12. The maximum absolute atomic E-state index is 5.59. The third kappa shape index (κ3) is 2.72. The fraction of sp³-hybridized carbons (Fsp3) is 0.308. The van der Waals surface area contributed by atoms with E-state index in [1.165, 1.54) is 11.3 Å². The van der Waals surface area contributed by atoms with Crippen molar-refractivity contribution in [2.75, 3.05) is 5.73 Å². The molecular formula is C13H14N4O2S. The summed E-state index contributed by atoms with van der Waals surface area (Å²) < 4.78 is 10.5. The maximum Gasteiger partial charge on any atom is 0.226 e. The smallest absolute Gasteiger partial charge is 0.226 e. The van der Waals surface area contributed by atoms with Gasteiger partial charge in [0.1, 0.15) is 5.76 Å². The van der Waals surface area contributed by atoms with Crippen molar-refractivity contribution in [1.82, 2.24) is 15.1 Å². The Morgan fingerprint density at radius 1 is 1.30 bits per heavy atom. The van der Waals surface area contributed by atoms with Gasteiger partial charge in [-0.05, 0) is 25.8 Å². The largest absolute Gasteiger partial charge is 0.469 e. The number of nitrogens with zero attached hydrogens (tertiary/aromatic N) is 3. The lowest BCUT2D eigenvalue weighted by Gasteiger charge is -1.93. The molecule has 0 saturated heterocycles. The molecule has 3 aromatic rings. The molecule has 0 radical (unpaired) electrons. The third-order valence-electron chi connectivity index (χ3n) is 2.96. The summed E-state index contributed by atoms with van der Waals surface area (Å²) in [6.45, 7) is 1.87. The van der Waals surface area contributed by atoms with Crippen molar-refractivity contribution in [2.24, 2.45) is 0 Å². The van der Waals surface area contributed by atoms with E-state index in [-0.39, 0.29) is 0 Å². The molecule has 3 aromatic heterocycles. The Hall–Kier alpha value is -2.15. The molecule has 2 N–H and O–H groups in total. The van der Waals surface area contributed by atoms with Crippen LogP contribution in [0.4, 0.5) is 5.13 Å². The molecule has 3 rings (SSSR count). The molecule has 0 aliphatic heterocycles. The number of furan rings is 1. The van der Waals surface area contributed by atoms with Gasteiger partial charge >= 0.3 is 0 Å². The molecule has 104 valence electrons. The van der Waals surface area contributed by atoms with Gasteiger partial charge in [0.05, 0.1) is 17.5 Å². The summed E-state index contributed by atoms with van der Waals surface area (Å²) in [5.74, 6) is 1.99. The van der Waals surface area contributed by atoms with Gasteiger partial charge in [-0.25, -0.2) is 4.98 Å². The molecule has 6 nitrogen and oxygen atoms in total. The van der Waals surface area contributed by atoms with E-state index in [9.17, 15) is 0 Å². The number of nitrogen functional groups attached to an aromatic ring is 1. The summed E-state index contributed by atoms with van der Waals surface area (Å²) in [7, 11) is 0. The maximum atomic E-state index is 5.59. The number of aromatic nitrogens is 3. The molecule has 0 aliphatic rings. The lowest BCUT2D eigenvalue weighted by Crippen LogP contribution is -1.92. The van der Waals surface area contributed by atoms with E-state index >= 15 is 0 Å². The standard InChI is InChI=1S/C13H14N4O2S/c1-8-10(5-6-18-8)12-16-11(19-17-12)4-2-3-9-7-20-13(14)15-9/h5-7H,2-4H2,1H3,(H2,14,15). The van der Waals surface area contributed by atoms with Crippen LogP contribution in [-0.4, -0.2) is 15.1 Å². The number of hydrogen-bond acceptors (Lipinski definition) is 7. The molecule has 0 saturated carbocycles. The van der Waals surface area contributed by atoms with E-state index in [4.69, 9.17) is 14.7 Å². The zero-order valence-corrected chi connectivity index (χ0v) is 11.8. The van der Waals surface area contributed by atoms with Gasteiger partial charge < -0.3 is 14.7 Å². The SMILES string of the molecule is Cc1occc1-c1noc(CCCc2csc(N)n2)n1. The van der Waals surface area contributed by atoms with Gasteiger partial charge in [-0.2, -0.15) is 4.98 Å². The number of anilines is 1. The van der Waals surface area contributed by atoms with Gasteiger partial charge in [0.15, 0.2) is 5.13 Å². The van der Waals surface area contributed by atoms with Crippen molar-refractivity contribution in [3.8, 4) is 11.4 Å². The minimum Gasteiger partial charge on any atom is -0.469 e. The molecule has 20 heavy (non-hydrogen) atoms. The molecular weight excluding hydrogens is 276 g/mol. The number of aryl methyl sites for hydroxylation is 3. The fourth-order valence-electron chi connectivity index (χ4n) is 1.94. The van der Waals surface area contributed by atoms with Crippen LogP contribution in [0.1, 0.15) is 23.8 Å². The second-order valence-electron chi connectivity index (χ2n) is 4.43. The van der Waals surface area contributed by atoms with Gasteiger partial charge in [0.2, 0.25) is 11.7 Å². The zero-order valence-electron chi connectivity index (χ0n) is 11.0. The first-order valence-electron chi connectivity index (χ1n) is 6.29. The van der Waals surface area contributed by atoms with E-state index in [2.05, 4.69) is 15.1 Å². The summed E-state index contributed by atoms with van der Waals surface area (Å²) in [5, 5.41) is 6.55. The Kier molecular flexibility index (Phi) is 3.51. The number of thiazole rings is 1. The predicted molar refractivity (Wildman–Crippen MR) is 75.3 cm³/mol. The van der Waals surface area contributed by atoms with Crippen LogP contribution in [0.5, 0.6) is 0 Å². The summed E-state index contributed by atoms with van der Waals surface area (Å²) in [5.41, 5.74) is 7.47. The lowest BCUT2D eigenvalue weighted by molar-refractivity contribution is 0.376. The molecule has 0 aliphatic carbocycles. The Labute approximate surface area is 119 Å². The van der Waals surface area contributed by atoms with E-state index in [0.717, 1.165) is 36.3 Å². The molecule has 0 aromatic carbocycles.